The van der Waals surface area contributed by atoms with Gasteiger partial charge in [-0.2, -0.15) is 0 Å². The number of anilines is 1. The molecule has 27 heavy (non-hydrogen) atoms. The average Bonchev–Trinajstić information content (AvgIpc) is 2.72. The molecular formula is C22H28N4O. The number of carbonyl (C=O) groups excluding carboxylic acids is 1. The lowest BCUT2D eigenvalue weighted by Crippen LogP contribution is -2.44. The minimum atomic E-state index is -0.132. The Hall–Kier alpha value is -2.63. The van der Waals surface area contributed by atoms with E-state index in [1.54, 1.807) is 4.90 Å². The molecule has 3 rings (SSSR count). The van der Waals surface area contributed by atoms with Gasteiger partial charge in [0.1, 0.15) is 0 Å². The third kappa shape index (κ3) is 4.76. The molecule has 1 amide bonds. The Morgan fingerprint density at radius 2 is 1.81 bits per heavy atom. The van der Waals surface area contributed by atoms with Crippen LogP contribution in [0.25, 0.3) is 11.1 Å². The molecule has 142 valence electrons. The van der Waals surface area contributed by atoms with Gasteiger partial charge in [0.15, 0.2) is 0 Å². The minimum Gasteiger partial charge on any atom is -0.369 e. The van der Waals surface area contributed by atoms with E-state index in [1.807, 2.05) is 12.1 Å². The highest BCUT2D eigenvalue weighted by atomic mass is 16.2. The molecule has 2 aromatic rings. The number of hydrogen-bond donors (Lipinski definition) is 1. The summed E-state index contributed by atoms with van der Waals surface area (Å²) in [5.41, 5.74) is 10.1. The topological polar surface area (TPSA) is 52.8 Å². The highest BCUT2D eigenvalue weighted by molar-refractivity contribution is 5.79. The first-order chi connectivity index (χ1) is 13.1. The van der Waals surface area contributed by atoms with E-state index in [0.717, 1.165) is 37.3 Å². The molecule has 1 aliphatic heterocycles. The molecule has 1 aliphatic rings. The zero-order valence-corrected chi connectivity index (χ0v) is 16.0. The van der Waals surface area contributed by atoms with Gasteiger partial charge in [-0.05, 0) is 48.1 Å². The number of likely N-dealkylation sites (N-methyl/N-ethyl adjacent to an activating group) is 1. The van der Waals surface area contributed by atoms with Crippen LogP contribution in [0.1, 0.15) is 5.56 Å². The maximum Gasteiger partial charge on any atom is 0.240 e. The van der Waals surface area contributed by atoms with Crippen molar-refractivity contribution in [3.05, 3.63) is 66.9 Å². The van der Waals surface area contributed by atoms with Crippen LogP contribution in [0.4, 0.5) is 5.69 Å². The maximum atomic E-state index is 11.8. The normalized spacial score (nSPS) is 14.8. The van der Waals surface area contributed by atoms with Crippen LogP contribution in [0.15, 0.2) is 61.3 Å². The first-order valence-electron chi connectivity index (χ1n) is 9.35. The van der Waals surface area contributed by atoms with Gasteiger partial charge in [-0.25, -0.2) is 0 Å². The van der Waals surface area contributed by atoms with Crippen LogP contribution in [-0.4, -0.2) is 55.5 Å². The molecule has 0 spiro atoms. The number of piperazine rings is 1. The van der Waals surface area contributed by atoms with Gasteiger partial charge in [-0.3, -0.25) is 4.79 Å². The van der Waals surface area contributed by atoms with Crippen LogP contribution in [-0.2, 0) is 11.3 Å². The third-order valence-electron chi connectivity index (χ3n) is 5.06. The molecule has 0 aromatic heterocycles. The first kappa shape index (κ1) is 19.1. The van der Waals surface area contributed by atoms with Crippen molar-refractivity contribution in [3.63, 3.8) is 0 Å². The Kier molecular flexibility index (Phi) is 6.27. The summed E-state index contributed by atoms with van der Waals surface area (Å²) < 4.78 is 0. The fourth-order valence-corrected chi connectivity index (χ4v) is 3.35. The van der Waals surface area contributed by atoms with Crippen molar-refractivity contribution in [2.45, 2.75) is 6.54 Å². The number of carbonyl (C=O) groups is 1. The second-order valence-corrected chi connectivity index (χ2v) is 6.95. The monoisotopic (exact) mass is 364 g/mol. The summed E-state index contributed by atoms with van der Waals surface area (Å²) in [4.78, 5) is 18.2. The molecule has 0 aliphatic carbocycles. The lowest BCUT2D eigenvalue weighted by atomic mass is 10.0. The molecule has 5 heteroatoms. The van der Waals surface area contributed by atoms with Gasteiger partial charge >= 0.3 is 0 Å². The Labute approximate surface area is 161 Å². The number of hydrogen-bond acceptors (Lipinski definition) is 4. The number of nitrogens with two attached hydrogens (primary N) is 1. The quantitative estimate of drug-likeness (QED) is 0.856. The summed E-state index contributed by atoms with van der Waals surface area (Å²) in [6, 6.07) is 17.0. The molecule has 0 atom stereocenters. The third-order valence-corrected chi connectivity index (χ3v) is 5.06. The summed E-state index contributed by atoms with van der Waals surface area (Å²) >= 11 is 0. The number of nitrogens with zero attached hydrogens (tertiary/aromatic N) is 3. The van der Waals surface area contributed by atoms with Crippen molar-refractivity contribution in [1.29, 1.82) is 0 Å². The van der Waals surface area contributed by atoms with Crippen LogP contribution >= 0.6 is 0 Å². The summed E-state index contributed by atoms with van der Waals surface area (Å²) in [5.74, 6) is -0.132. The zero-order valence-electron chi connectivity index (χ0n) is 16.0. The van der Waals surface area contributed by atoms with E-state index in [9.17, 15) is 4.79 Å². The van der Waals surface area contributed by atoms with Crippen molar-refractivity contribution < 1.29 is 4.79 Å². The standard InChI is InChI=1S/C22H28N4O/c1-3-25(22(27)16-23)17-18-5-4-6-20(15-18)19-7-9-21(10-8-19)26-13-11-24(2)12-14-26/h3-10,15H,1,11-14,16-17,23H2,2H3. The number of benzene rings is 2. The van der Waals surface area contributed by atoms with E-state index in [0.29, 0.717) is 6.54 Å². The lowest BCUT2D eigenvalue weighted by molar-refractivity contribution is -0.127. The molecule has 0 radical (unpaired) electrons. The van der Waals surface area contributed by atoms with Gasteiger partial charge < -0.3 is 20.4 Å². The van der Waals surface area contributed by atoms with Crippen molar-refractivity contribution in [2.75, 3.05) is 44.7 Å². The lowest BCUT2D eigenvalue weighted by Gasteiger charge is -2.34. The first-order valence-corrected chi connectivity index (χ1v) is 9.35. The van der Waals surface area contributed by atoms with Gasteiger partial charge in [0.25, 0.3) is 0 Å². The molecule has 1 heterocycles. The highest BCUT2D eigenvalue weighted by Crippen LogP contribution is 2.25. The van der Waals surface area contributed by atoms with Crippen LogP contribution in [0.3, 0.4) is 0 Å². The summed E-state index contributed by atoms with van der Waals surface area (Å²) in [6.07, 6.45) is 1.53. The molecule has 1 saturated heterocycles. The molecule has 0 bridgehead atoms. The number of amides is 1. The van der Waals surface area contributed by atoms with Crippen LogP contribution in [0.5, 0.6) is 0 Å². The van der Waals surface area contributed by atoms with Gasteiger partial charge in [-0.1, -0.05) is 36.9 Å². The van der Waals surface area contributed by atoms with Gasteiger partial charge in [0.05, 0.1) is 13.1 Å². The Balaban J connectivity index is 1.73. The van der Waals surface area contributed by atoms with Crippen LogP contribution < -0.4 is 10.6 Å². The van der Waals surface area contributed by atoms with Crippen LogP contribution in [0, 0.1) is 0 Å². The Morgan fingerprint density at radius 1 is 1.11 bits per heavy atom. The zero-order chi connectivity index (χ0) is 19.2. The Bertz CT molecular complexity index is 779. The molecule has 1 fully saturated rings. The van der Waals surface area contributed by atoms with Gasteiger partial charge in [0.2, 0.25) is 5.91 Å². The molecule has 2 aromatic carbocycles. The maximum absolute atomic E-state index is 11.8. The molecule has 0 unspecified atom stereocenters. The second-order valence-electron chi connectivity index (χ2n) is 6.95. The largest absolute Gasteiger partial charge is 0.369 e. The van der Waals surface area contributed by atoms with E-state index in [2.05, 4.69) is 59.8 Å². The Morgan fingerprint density at radius 3 is 2.44 bits per heavy atom. The van der Waals surface area contributed by atoms with E-state index in [1.165, 1.54) is 17.5 Å². The van der Waals surface area contributed by atoms with E-state index >= 15 is 0 Å². The summed E-state index contributed by atoms with van der Waals surface area (Å²) in [7, 11) is 2.17. The molecule has 0 saturated carbocycles. The van der Waals surface area contributed by atoms with E-state index < -0.39 is 0 Å². The average molecular weight is 364 g/mol. The molecular weight excluding hydrogens is 336 g/mol. The highest BCUT2D eigenvalue weighted by Gasteiger charge is 2.14. The summed E-state index contributed by atoms with van der Waals surface area (Å²) in [6.45, 7) is 8.51. The summed E-state index contributed by atoms with van der Waals surface area (Å²) in [5, 5.41) is 0. The van der Waals surface area contributed by atoms with Crippen molar-refractivity contribution in [1.82, 2.24) is 9.80 Å². The van der Waals surface area contributed by atoms with Gasteiger partial charge in [0, 0.05) is 31.9 Å². The number of rotatable bonds is 6. The predicted octanol–water partition coefficient (Wildman–Crippen LogP) is 2.54. The van der Waals surface area contributed by atoms with E-state index in [-0.39, 0.29) is 12.5 Å². The SMILES string of the molecule is C=CN(Cc1cccc(-c2ccc(N3CCN(C)CC3)cc2)c1)C(=O)CN. The minimum absolute atomic E-state index is 0.0144. The van der Waals surface area contributed by atoms with Gasteiger partial charge in [-0.15, -0.1) is 0 Å². The predicted molar refractivity (Wildman–Crippen MR) is 111 cm³/mol. The fourth-order valence-electron chi connectivity index (χ4n) is 3.35. The molecule has 5 nitrogen and oxygen atoms in total. The van der Waals surface area contributed by atoms with Crippen LogP contribution in [0.2, 0.25) is 0 Å². The van der Waals surface area contributed by atoms with Crippen molar-refractivity contribution in [2.24, 2.45) is 5.73 Å². The second kappa shape index (κ2) is 8.84. The smallest absolute Gasteiger partial charge is 0.240 e. The van der Waals surface area contributed by atoms with E-state index in [4.69, 9.17) is 5.73 Å². The van der Waals surface area contributed by atoms with Crippen molar-refractivity contribution >= 4 is 11.6 Å². The molecule has 2 N–H and O–H groups in total. The fraction of sp³-hybridized carbons (Fsp3) is 0.318. The van der Waals surface area contributed by atoms with Crippen molar-refractivity contribution in [3.8, 4) is 11.1 Å².